The van der Waals surface area contributed by atoms with Gasteiger partial charge in [-0.05, 0) is 41.8 Å². The summed E-state index contributed by atoms with van der Waals surface area (Å²) in [6.07, 6.45) is 0. The molecule has 0 aliphatic heterocycles. The number of hydrogen-bond acceptors (Lipinski definition) is 2. The van der Waals surface area contributed by atoms with E-state index in [9.17, 15) is 13.2 Å². The van der Waals surface area contributed by atoms with Gasteiger partial charge in [0, 0.05) is 17.0 Å². The van der Waals surface area contributed by atoms with Crippen molar-refractivity contribution in [3.63, 3.8) is 0 Å². The molecule has 0 amide bonds. The Morgan fingerprint density at radius 1 is 0.826 bits per heavy atom. The van der Waals surface area contributed by atoms with Crippen LogP contribution < -0.4 is 9.47 Å². The number of methoxy groups -OCH3 is 1. The van der Waals surface area contributed by atoms with Crippen LogP contribution in [0, 0.1) is 17.5 Å². The van der Waals surface area contributed by atoms with Gasteiger partial charge in [-0.1, -0.05) is 6.07 Å². The summed E-state index contributed by atoms with van der Waals surface area (Å²) < 4.78 is 51.1. The minimum atomic E-state index is -0.897. The van der Waals surface area contributed by atoms with Crippen molar-refractivity contribution in [1.82, 2.24) is 0 Å². The molecule has 0 radical (unpaired) electrons. The van der Waals surface area contributed by atoms with E-state index in [4.69, 9.17) is 9.47 Å². The Morgan fingerprint density at radius 3 is 2.35 bits per heavy atom. The molecule has 0 saturated carbocycles. The average Bonchev–Trinajstić information content (AvgIpc) is 2.57. The lowest BCUT2D eigenvalue weighted by Gasteiger charge is -2.09. The van der Waals surface area contributed by atoms with Crippen LogP contribution in [0.1, 0.15) is 5.56 Å². The lowest BCUT2D eigenvalue weighted by Crippen LogP contribution is -1.99. The quantitative estimate of drug-likeness (QED) is 0.685. The fourth-order valence-corrected chi connectivity index (χ4v) is 2.27. The van der Waals surface area contributed by atoms with Crippen molar-refractivity contribution in [3.05, 3.63) is 71.5 Å². The molecular formula is C18H13F3O2. The third-order valence-electron chi connectivity index (χ3n) is 3.53. The smallest absolute Gasteiger partial charge is 0.166 e. The first-order chi connectivity index (χ1) is 11.1. The van der Waals surface area contributed by atoms with Crippen LogP contribution in [0.15, 0.2) is 48.5 Å². The largest absolute Gasteiger partial charge is 0.497 e. The minimum absolute atomic E-state index is 0.0189. The maximum absolute atomic E-state index is 13.8. The first-order valence-electron chi connectivity index (χ1n) is 6.91. The second-order valence-corrected chi connectivity index (χ2v) is 4.99. The molecule has 0 spiro atoms. The maximum Gasteiger partial charge on any atom is 0.166 e. The lowest BCUT2D eigenvalue weighted by molar-refractivity contribution is 0.299. The predicted molar refractivity (Wildman–Crippen MR) is 81.1 cm³/mol. The van der Waals surface area contributed by atoms with Gasteiger partial charge in [0.2, 0.25) is 0 Å². The van der Waals surface area contributed by atoms with Crippen LogP contribution in [-0.2, 0) is 6.61 Å². The third-order valence-corrected chi connectivity index (χ3v) is 3.53. The first-order valence-corrected chi connectivity index (χ1v) is 6.91. The highest BCUT2D eigenvalue weighted by molar-refractivity contribution is 5.84. The van der Waals surface area contributed by atoms with E-state index in [0.717, 1.165) is 6.07 Å². The summed E-state index contributed by atoms with van der Waals surface area (Å²) in [5, 5.41) is 0.685. The Labute approximate surface area is 131 Å². The molecule has 3 aromatic carbocycles. The van der Waals surface area contributed by atoms with Crippen molar-refractivity contribution in [2.45, 2.75) is 6.61 Å². The molecule has 0 aliphatic rings. The Hall–Kier alpha value is -2.69. The minimum Gasteiger partial charge on any atom is -0.497 e. The highest BCUT2D eigenvalue weighted by atomic mass is 19.2. The molecule has 3 rings (SSSR count). The number of hydrogen-bond donors (Lipinski definition) is 0. The number of rotatable bonds is 4. The topological polar surface area (TPSA) is 18.5 Å². The SMILES string of the molecule is COc1ccc(COc2ccc3c(F)c(F)ccc3c2)c(F)c1. The van der Waals surface area contributed by atoms with E-state index in [1.54, 1.807) is 18.2 Å². The van der Waals surface area contributed by atoms with Gasteiger partial charge in [0.1, 0.15) is 23.9 Å². The van der Waals surface area contributed by atoms with Gasteiger partial charge < -0.3 is 9.47 Å². The summed E-state index contributed by atoms with van der Waals surface area (Å²) >= 11 is 0. The standard InChI is InChI=1S/C18H13F3O2/c1-22-13-4-2-12(17(20)9-13)10-23-14-5-6-15-11(8-14)3-7-16(19)18(15)21/h2-9H,10H2,1H3. The first kappa shape index (κ1) is 15.2. The Bertz CT molecular complexity index is 862. The van der Waals surface area contributed by atoms with Crippen molar-refractivity contribution in [2.75, 3.05) is 7.11 Å². The second kappa shape index (κ2) is 6.20. The Kier molecular flexibility index (Phi) is 4.10. The van der Waals surface area contributed by atoms with Gasteiger partial charge in [-0.15, -0.1) is 0 Å². The van der Waals surface area contributed by atoms with Gasteiger partial charge in [0.15, 0.2) is 11.6 Å². The molecule has 2 nitrogen and oxygen atoms in total. The molecule has 0 saturated heterocycles. The van der Waals surface area contributed by atoms with Gasteiger partial charge >= 0.3 is 0 Å². The number of benzene rings is 3. The highest BCUT2D eigenvalue weighted by Gasteiger charge is 2.09. The molecule has 0 aliphatic carbocycles. The molecule has 3 aromatic rings. The lowest BCUT2D eigenvalue weighted by atomic mass is 10.1. The average molecular weight is 318 g/mol. The van der Waals surface area contributed by atoms with E-state index in [0.29, 0.717) is 22.4 Å². The summed E-state index contributed by atoms with van der Waals surface area (Å²) in [7, 11) is 1.46. The Balaban J connectivity index is 1.81. The maximum atomic E-state index is 13.8. The van der Waals surface area contributed by atoms with E-state index in [1.165, 1.54) is 31.4 Å². The molecular weight excluding hydrogens is 305 g/mol. The molecule has 0 unspecified atom stereocenters. The molecule has 0 bridgehead atoms. The zero-order valence-electron chi connectivity index (χ0n) is 12.3. The molecule has 0 atom stereocenters. The van der Waals surface area contributed by atoms with Crippen molar-refractivity contribution >= 4 is 10.8 Å². The molecule has 5 heteroatoms. The number of halogens is 3. The van der Waals surface area contributed by atoms with E-state index >= 15 is 0 Å². The van der Waals surface area contributed by atoms with Crippen molar-refractivity contribution < 1.29 is 22.6 Å². The van der Waals surface area contributed by atoms with Crippen LogP contribution in [0.4, 0.5) is 13.2 Å². The number of fused-ring (bicyclic) bond motifs is 1. The fourth-order valence-electron chi connectivity index (χ4n) is 2.27. The van der Waals surface area contributed by atoms with Crippen LogP contribution in [0.2, 0.25) is 0 Å². The van der Waals surface area contributed by atoms with Crippen molar-refractivity contribution in [1.29, 1.82) is 0 Å². The van der Waals surface area contributed by atoms with Gasteiger partial charge in [-0.2, -0.15) is 0 Å². The van der Waals surface area contributed by atoms with Crippen molar-refractivity contribution in [2.24, 2.45) is 0 Å². The highest BCUT2D eigenvalue weighted by Crippen LogP contribution is 2.26. The second-order valence-electron chi connectivity index (χ2n) is 4.99. The summed E-state index contributed by atoms with van der Waals surface area (Å²) in [4.78, 5) is 0. The van der Waals surface area contributed by atoms with Crippen LogP contribution in [-0.4, -0.2) is 7.11 Å². The van der Waals surface area contributed by atoms with Crippen LogP contribution in [0.25, 0.3) is 10.8 Å². The molecule has 0 aromatic heterocycles. The molecule has 118 valence electrons. The van der Waals surface area contributed by atoms with Crippen molar-refractivity contribution in [3.8, 4) is 11.5 Å². The Morgan fingerprint density at radius 2 is 1.61 bits per heavy atom. The summed E-state index contributed by atoms with van der Waals surface area (Å²) in [6, 6.07) is 11.6. The van der Waals surface area contributed by atoms with Crippen LogP contribution in [0.3, 0.4) is 0 Å². The van der Waals surface area contributed by atoms with E-state index in [2.05, 4.69) is 0 Å². The van der Waals surface area contributed by atoms with Crippen LogP contribution in [0.5, 0.6) is 11.5 Å². The zero-order valence-corrected chi connectivity index (χ0v) is 12.3. The van der Waals surface area contributed by atoms with Gasteiger partial charge in [-0.25, -0.2) is 13.2 Å². The predicted octanol–water partition coefficient (Wildman–Crippen LogP) is 4.84. The summed E-state index contributed by atoms with van der Waals surface area (Å²) in [5.74, 6) is -1.35. The van der Waals surface area contributed by atoms with Gasteiger partial charge in [0.05, 0.1) is 7.11 Å². The normalized spacial score (nSPS) is 10.8. The monoisotopic (exact) mass is 318 g/mol. The van der Waals surface area contributed by atoms with Gasteiger partial charge in [0.25, 0.3) is 0 Å². The number of ether oxygens (including phenoxy) is 2. The van der Waals surface area contributed by atoms with E-state index < -0.39 is 17.5 Å². The van der Waals surface area contributed by atoms with E-state index in [-0.39, 0.29) is 12.0 Å². The summed E-state index contributed by atoms with van der Waals surface area (Å²) in [6.45, 7) is 0.0189. The van der Waals surface area contributed by atoms with Gasteiger partial charge in [-0.3, -0.25) is 0 Å². The molecule has 23 heavy (non-hydrogen) atoms. The zero-order chi connectivity index (χ0) is 16.4. The fraction of sp³-hybridized carbons (Fsp3) is 0.111. The summed E-state index contributed by atoms with van der Waals surface area (Å²) in [5.41, 5.74) is 0.371. The molecule has 0 heterocycles. The molecule has 0 N–H and O–H groups in total. The van der Waals surface area contributed by atoms with Crippen LogP contribution >= 0.6 is 0 Å². The molecule has 0 fully saturated rings. The van der Waals surface area contributed by atoms with E-state index in [1.807, 2.05) is 0 Å². The third kappa shape index (κ3) is 3.08.